The summed E-state index contributed by atoms with van der Waals surface area (Å²) in [5, 5.41) is 3.66. The molecule has 0 aliphatic heterocycles. The molecule has 2 nitrogen and oxygen atoms in total. The van der Waals surface area contributed by atoms with Gasteiger partial charge in [-0.1, -0.05) is 22.4 Å². The van der Waals surface area contributed by atoms with Gasteiger partial charge in [0, 0.05) is 17.1 Å². The molecule has 0 heterocycles. The van der Waals surface area contributed by atoms with Crippen molar-refractivity contribution >= 4 is 15.9 Å². The molecule has 0 radical (unpaired) electrons. The average Bonchev–Trinajstić information content (AvgIpc) is 2.99. The Morgan fingerprint density at radius 2 is 2.00 bits per heavy atom. The van der Waals surface area contributed by atoms with Crippen molar-refractivity contribution in [3.8, 4) is 5.75 Å². The van der Waals surface area contributed by atoms with Crippen molar-refractivity contribution in [3.05, 3.63) is 28.7 Å². The first-order chi connectivity index (χ1) is 8.81. The number of nitrogens with one attached hydrogen (secondary N) is 1. The molecule has 0 saturated heterocycles. The number of hydrogen-bond acceptors (Lipinski definition) is 2. The summed E-state index contributed by atoms with van der Waals surface area (Å²) in [6.07, 6.45) is 5.77. The topological polar surface area (TPSA) is 21.3 Å². The SMILES string of the molecule is Brc1ccc(OCCNC2CC3CCC2C3)cc1. The van der Waals surface area contributed by atoms with E-state index >= 15 is 0 Å². The van der Waals surface area contributed by atoms with E-state index in [0.717, 1.165) is 41.3 Å². The van der Waals surface area contributed by atoms with Gasteiger partial charge in [0.05, 0.1) is 0 Å². The predicted molar refractivity (Wildman–Crippen MR) is 76.9 cm³/mol. The summed E-state index contributed by atoms with van der Waals surface area (Å²) in [7, 11) is 0. The van der Waals surface area contributed by atoms with Crippen molar-refractivity contribution < 1.29 is 4.74 Å². The summed E-state index contributed by atoms with van der Waals surface area (Å²) in [6, 6.07) is 8.79. The number of benzene rings is 1. The summed E-state index contributed by atoms with van der Waals surface area (Å²) in [4.78, 5) is 0. The first-order valence-electron chi connectivity index (χ1n) is 6.93. The van der Waals surface area contributed by atoms with Crippen LogP contribution < -0.4 is 10.1 Å². The molecule has 3 unspecified atom stereocenters. The largest absolute Gasteiger partial charge is 0.492 e. The van der Waals surface area contributed by atoms with Crippen molar-refractivity contribution in [1.82, 2.24) is 5.32 Å². The van der Waals surface area contributed by atoms with Gasteiger partial charge >= 0.3 is 0 Å². The van der Waals surface area contributed by atoms with Crippen LogP contribution in [0.3, 0.4) is 0 Å². The normalized spacial score (nSPS) is 29.7. The van der Waals surface area contributed by atoms with Gasteiger partial charge < -0.3 is 10.1 Å². The second kappa shape index (κ2) is 5.62. The fraction of sp³-hybridized carbons (Fsp3) is 0.600. The summed E-state index contributed by atoms with van der Waals surface area (Å²) in [6.45, 7) is 1.72. The maximum atomic E-state index is 5.72. The number of halogens is 1. The van der Waals surface area contributed by atoms with Crippen molar-refractivity contribution in [2.75, 3.05) is 13.2 Å². The smallest absolute Gasteiger partial charge is 0.119 e. The first-order valence-corrected chi connectivity index (χ1v) is 7.72. The lowest BCUT2D eigenvalue weighted by molar-refractivity contribution is 0.282. The van der Waals surface area contributed by atoms with Crippen LogP contribution in [0.5, 0.6) is 5.75 Å². The van der Waals surface area contributed by atoms with Crippen LogP contribution in [0.25, 0.3) is 0 Å². The summed E-state index contributed by atoms with van der Waals surface area (Å²) < 4.78 is 6.81. The minimum absolute atomic E-state index is 0.759. The van der Waals surface area contributed by atoms with Gasteiger partial charge in [-0.25, -0.2) is 0 Å². The molecule has 2 saturated carbocycles. The molecule has 18 heavy (non-hydrogen) atoms. The average molecular weight is 310 g/mol. The maximum absolute atomic E-state index is 5.72. The van der Waals surface area contributed by atoms with E-state index in [9.17, 15) is 0 Å². The van der Waals surface area contributed by atoms with Crippen molar-refractivity contribution in [2.45, 2.75) is 31.7 Å². The minimum Gasteiger partial charge on any atom is -0.492 e. The van der Waals surface area contributed by atoms with E-state index in [4.69, 9.17) is 4.74 Å². The molecule has 2 fully saturated rings. The fourth-order valence-corrected chi connectivity index (χ4v) is 3.70. The highest BCUT2D eigenvalue weighted by atomic mass is 79.9. The summed E-state index contributed by atoms with van der Waals surface area (Å²) >= 11 is 3.42. The molecule has 0 amide bonds. The lowest BCUT2D eigenvalue weighted by Gasteiger charge is -2.22. The summed E-state index contributed by atoms with van der Waals surface area (Å²) in [5.41, 5.74) is 0. The van der Waals surface area contributed by atoms with Gasteiger partial charge in [-0.3, -0.25) is 0 Å². The Balaban J connectivity index is 1.36. The quantitative estimate of drug-likeness (QED) is 0.839. The van der Waals surface area contributed by atoms with E-state index in [1.165, 1.54) is 25.7 Å². The van der Waals surface area contributed by atoms with E-state index in [0.29, 0.717) is 0 Å². The Hall–Kier alpha value is -0.540. The molecule has 2 aliphatic rings. The molecule has 2 aliphatic carbocycles. The van der Waals surface area contributed by atoms with Gasteiger partial charge in [0.2, 0.25) is 0 Å². The predicted octanol–water partition coefficient (Wildman–Crippen LogP) is 3.61. The second-order valence-electron chi connectivity index (χ2n) is 5.54. The third kappa shape index (κ3) is 2.89. The molecule has 3 heteroatoms. The molecule has 98 valence electrons. The van der Waals surface area contributed by atoms with Gasteiger partial charge in [-0.2, -0.15) is 0 Å². The second-order valence-corrected chi connectivity index (χ2v) is 6.45. The van der Waals surface area contributed by atoms with Crippen LogP contribution >= 0.6 is 15.9 Å². The number of rotatable bonds is 5. The van der Waals surface area contributed by atoms with Crippen molar-refractivity contribution in [1.29, 1.82) is 0 Å². The van der Waals surface area contributed by atoms with Gasteiger partial charge in [0.25, 0.3) is 0 Å². The highest BCUT2D eigenvalue weighted by Crippen LogP contribution is 2.44. The molecule has 3 rings (SSSR count). The Morgan fingerprint density at radius 3 is 2.67 bits per heavy atom. The highest BCUT2D eigenvalue weighted by molar-refractivity contribution is 9.10. The van der Waals surface area contributed by atoms with E-state index in [-0.39, 0.29) is 0 Å². The number of fused-ring (bicyclic) bond motifs is 2. The molecule has 1 aromatic rings. The van der Waals surface area contributed by atoms with Crippen LogP contribution in [0.4, 0.5) is 0 Å². The molecule has 3 atom stereocenters. The Bertz CT molecular complexity index is 392. The van der Waals surface area contributed by atoms with Crippen LogP contribution in [0, 0.1) is 11.8 Å². The third-order valence-electron chi connectivity index (χ3n) is 4.33. The van der Waals surface area contributed by atoms with Crippen molar-refractivity contribution in [3.63, 3.8) is 0 Å². The zero-order valence-electron chi connectivity index (χ0n) is 10.6. The first kappa shape index (κ1) is 12.5. The molecule has 2 bridgehead atoms. The van der Waals surface area contributed by atoms with E-state index < -0.39 is 0 Å². The molecule has 1 N–H and O–H groups in total. The van der Waals surface area contributed by atoms with Gasteiger partial charge in [-0.15, -0.1) is 0 Å². The zero-order chi connectivity index (χ0) is 12.4. The summed E-state index contributed by atoms with van der Waals surface area (Å²) in [5.74, 6) is 2.91. The Labute approximate surface area is 117 Å². The van der Waals surface area contributed by atoms with E-state index in [2.05, 4.69) is 21.2 Å². The van der Waals surface area contributed by atoms with Crippen LogP contribution in [0.15, 0.2) is 28.7 Å². The Morgan fingerprint density at radius 1 is 1.17 bits per heavy atom. The monoisotopic (exact) mass is 309 g/mol. The maximum Gasteiger partial charge on any atom is 0.119 e. The molecule has 0 spiro atoms. The van der Waals surface area contributed by atoms with Crippen LogP contribution in [0.1, 0.15) is 25.7 Å². The van der Waals surface area contributed by atoms with Gasteiger partial charge in [-0.05, 0) is 55.4 Å². The molecular weight excluding hydrogens is 290 g/mol. The minimum atomic E-state index is 0.759. The lowest BCUT2D eigenvalue weighted by atomic mass is 9.95. The highest BCUT2D eigenvalue weighted by Gasteiger charge is 2.38. The van der Waals surface area contributed by atoms with Crippen LogP contribution in [-0.2, 0) is 0 Å². The standard InChI is InChI=1S/C15H20BrNO/c16-13-3-5-14(6-4-13)18-8-7-17-15-10-11-1-2-12(15)9-11/h3-6,11-12,15,17H,1-2,7-10H2. The van der Waals surface area contributed by atoms with Crippen LogP contribution in [-0.4, -0.2) is 19.2 Å². The number of hydrogen-bond donors (Lipinski definition) is 1. The molecule has 1 aromatic carbocycles. The van der Waals surface area contributed by atoms with E-state index in [1.807, 2.05) is 24.3 Å². The number of ether oxygens (including phenoxy) is 1. The molecule has 0 aromatic heterocycles. The van der Waals surface area contributed by atoms with Gasteiger partial charge in [0.15, 0.2) is 0 Å². The van der Waals surface area contributed by atoms with Crippen LogP contribution in [0.2, 0.25) is 0 Å². The van der Waals surface area contributed by atoms with Gasteiger partial charge in [0.1, 0.15) is 12.4 Å². The Kier molecular flexibility index (Phi) is 3.90. The lowest BCUT2D eigenvalue weighted by Crippen LogP contribution is -2.36. The third-order valence-corrected chi connectivity index (χ3v) is 4.86. The van der Waals surface area contributed by atoms with E-state index in [1.54, 1.807) is 0 Å². The van der Waals surface area contributed by atoms with Crippen molar-refractivity contribution in [2.24, 2.45) is 11.8 Å². The molecular formula is C15H20BrNO. The zero-order valence-corrected chi connectivity index (χ0v) is 12.2. The fourth-order valence-electron chi connectivity index (χ4n) is 3.44.